The first-order valence-electron chi connectivity index (χ1n) is 7.81. The van der Waals surface area contributed by atoms with Crippen LogP contribution >= 0.6 is 11.3 Å². The Kier molecular flexibility index (Phi) is 4.06. The Morgan fingerprint density at radius 3 is 2.50 bits per heavy atom. The maximum Gasteiger partial charge on any atom is 0.337 e. The van der Waals surface area contributed by atoms with E-state index in [1.54, 1.807) is 30.3 Å². The second kappa shape index (κ2) is 6.53. The van der Waals surface area contributed by atoms with E-state index in [9.17, 15) is 9.59 Å². The standard InChI is InChI=1S/C19H13N3O3S/c1-25-18(24)14-9-7-12(8-10-14)11-15-17(23)22-16(20-21-19(22)26-15)13-5-3-2-4-6-13/h2-11H,1H3/b15-11-. The molecule has 0 N–H and O–H groups in total. The lowest BCUT2D eigenvalue weighted by molar-refractivity contribution is 0.0600. The summed E-state index contributed by atoms with van der Waals surface area (Å²) in [5, 5.41) is 8.25. The second-order valence-corrected chi connectivity index (χ2v) is 6.55. The molecule has 4 aromatic rings. The summed E-state index contributed by atoms with van der Waals surface area (Å²) in [6, 6.07) is 16.3. The number of fused-ring (bicyclic) bond motifs is 1. The number of rotatable bonds is 3. The van der Waals surface area contributed by atoms with Crippen LogP contribution in [0.5, 0.6) is 0 Å². The van der Waals surface area contributed by atoms with Gasteiger partial charge < -0.3 is 4.74 Å². The Bertz CT molecular complexity index is 1190. The van der Waals surface area contributed by atoms with Gasteiger partial charge in [-0.3, -0.25) is 4.79 Å². The molecule has 0 aliphatic heterocycles. The number of thiazole rings is 1. The second-order valence-electron chi connectivity index (χ2n) is 5.54. The Morgan fingerprint density at radius 2 is 1.81 bits per heavy atom. The maximum absolute atomic E-state index is 12.8. The monoisotopic (exact) mass is 363 g/mol. The highest BCUT2D eigenvalue weighted by Gasteiger charge is 2.13. The molecule has 128 valence electrons. The van der Waals surface area contributed by atoms with E-state index in [0.29, 0.717) is 20.9 Å². The van der Waals surface area contributed by atoms with Gasteiger partial charge in [-0.25, -0.2) is 9.20 Å². The molecule has 0 aliphatic rings. The summed E-state index contributed by atoms with van der Waals surface area (Å²) < 4.78 is 6.76. The first-order valence-corrected chi connectivity index (χ1v) is 8.62. The van der Waals surface area contributed by atoms with Crippen molar-refractivity contribution in [3.05, 3.63) is 80.6 Å². The minimum atomic E-state index is -0.394. The van der Waals surface area contributed by atoms with Gasteiger partial charge in [-0.2, -0.15) is 0 Å². The van der Waals surface area contributed by atoms with E-state index in [0.717, 1.165) is 11.1 Å². The van der Waals surface area contributed by atoms with E-state index in [2.05, 4.69) is 14.9 Å². The fourth-order valence-electron chi connectivity index (χ4n) is 2.62. The van der Waals surface area contributed by atoms with Crippen LogP contribution in [-0.4, -0.2) is 27.7 Å². The maximum atomic E-state index is 12.8. The van der Waals surface area contributed by atoms with Crippen LogP contribution in [-0.2, 0) is 4.74 Å². The van der Waals surface area contributed by atoms with E-state index < -0.39 is 5.97 Å². The fourth-order valence-corrected chi connectivity index (χ4v) is 3.53. The normalized spacial score (nSPS) is 11.8. The van der Waals surface area contributed by atoms with Crippen LogP contribution in [0.15, 0.2) is 59.4 Å². The molecule has 4 rings (SSSR count). The average molecular weight is 363 g/mol. The van der Waals surface area contributed by atoms with Crippen molar-refractivity contribution in [2.45, 2.75) is 0 Å². The molecule has 0 unspecified atom stereocenters. The van der Waals surface area contributed by atoms with Crippen LogP contribution in [0.25, 0.3) is 22.4 Å². The van der Waals surface area contributed by atoms with Gasteiger partial charge in [0.05, 0.1) is 17.2 Å². The van der Waals surface area contributed by atoms with Crippen LogP contribution in [0, 0.1) is 0 Å². The van der Waals surface area contributed by atoms with Gasteiger partial charge in [0, 0.05) is 5.56 Å². The number of ether oxygens (including phenoxy) is 1. The Balaban J connectivity index is 1.79. The van der Waals surface area contributed by atoms with Gasteiger partial charge in [0.25, 0.3) is 5.56 Å². The summed E-state index contributed by atoms with van der Waals surface area (Å²) in [5.41, 5.74) is 1.95. The highest BCUT2D eigenvalue weighted by molar-refractivity contribution is 7.15. The predicted molar refractivity (Wildman–Crippen MR) is 99.1 cm³/mol. The molecule has 0 bridgehead atoms. The van der Waals surface area contributed by atoms with Crippen LogP contribution in [0.1, 0.15) is 15.9 Å². The van der Waals surface area contributed by atoms with Crippen LogP contribution in [0.2, 0.25) is 0 Å². The topological polar surface area (TPSA) is 73.6 Å². The van der Waals surface area contributed by atoms with Gasteiger partial charge in [0.1, 0.15) is 0 Å². The zero-order valence-electron chi connectivity index (χ0n) is 13.7. The molecule has 2 aromatic heterocycles. The molecule has 0 spiro atoms. The first kappa shape index (κ1) is 16.2. The third kappa shape index (κ3) is 2.78. The minimum Gasteiger partial charge on any atom is -0.465 e. The predicted octanol–water partition coefficient (Wildman–Crippen LogP) is 2.15. The SMILES string of the molecule is COC(=O)c1ccc(/C=c2\sc3nnc(-c4ccccc4)n3c2=O)cc1. The van der Waals surface area contributed by atoms with Crippen molar-refractivity contribution < 1.29 is 9.53 Å². The molecule has 2 heterocycles. The van der Waals surface area contributed by atoms with Gasteiger partial charge in [-0.05, 0) is 23.8 Å². The van der Waals surface area contributed by atoms with Gasteiger partial charge in [0.2, 0.25) is 4.96 Å². The lowest BCUT2D eigenvalue weighted by Gasteiger charge is -1.98. The fraction of sp³-hybridized carbons (Fsp3) is 0.0526. The third-order valence-corrected chi connectivity index (χ3v) is 4.87. The summed E-state index contributed by atoms with van der Waals surface area (Å²) in [4.78, 5) is 24.8. The van der Waals surface area contributed by atoms with E-state index in [1.165, 1.54) is 22.8 Å². The summed E-state index contributed by atoms with van der Waals surface area (Å²) in [6.45, 7) is 0. The number of methoxy groups -OCH3 is 1. The quantitative estimate of drug-likeness (QED) is 0.522. The van der Waals surface area contributed by atoms with Crippen molar-refractivity contribution in [1.29, 1.82) is 0 Å². The van der Waals surface area contributed by atoms with E-state index in [4.69, 9.17) is 0 Å². The molecule has 0 fully saturated rings. The summed E-state index contributed by atoms with van der Waals surface area (Å²) in [6.07, 6.45) is 1.78. The molecule has 2 aromatic carbocycles. The lowest BCUT2D eigenvalue weighted by atomic mass is 10.1. The van der Waals surface area contributed by atoms with Crippen LogP contribution < -0.4 is 10.1 Å². The summed E-state index contributed by atoms with van der Waals surface area (Å²) in [7, 11) is 1.34. The Hall–Kier alpha value is -3.32. The Morgan fingerprint density at radius 1 is 1.08 bits per heavy atom. The smallest absolute Gasteiger partial charge is 0.337 e. The van der Waals surface area contributed by atoms with Gasteiger partial charge >= 0.3 is 5.97 Å². The van der Waals surface area contributed by atoms with Gasteiger partial charge in [0.15, 0.2) is 5.82 Å². The third-order valence-electron chi connectivity index (χ3n) is 3.91. The number of carbonyl (C=O) groups is 1. The molecule has 0 atom stereocenters. The number of benzene rings is 2. The molecule has 0 saturated carbocycles. The zero-order valence-corrected chi connectivity index (χ0v) is 14.6. The summed E-state index contributed by atoms with van der Waals surface area (Å²) >= 11 is 1.28. The molecule has 0 amide bonds. The van der Waals surface area contributed by atoms with Crippen molar-refractivity contribution in [3.63, 3.8) is 0 Å². The van der Waals surface area contributed by atoms with Crippen molar-refractivity contribution in [1.82, 2.24) is 14.6 Å². The molecule has 0 radical (unpaired) electrons. The van der Waals surface area contributed by atoms with Crippen molar-refractivity contribution in [3.8, 4) is 11.4 Å². The molecule has 7 heteroatoms. The van der Waals surface area contributed by atoms with Crippen molar-refractivity contribution in [2.75, 3.05) is 7.11 Å². The number of esters is 1. The molecule has 6 nitrogen and oxygen atoms in total. The van der Waals surface area contributed by atoms with Gasteiger partial charge in [-0.1, -0.05) is 53.8 Å². The number of hydrogen-bond acceptors (Lipinski definition) is 6. The molecule has 0 saturated heterocycles. The lowest BCUT2D eigenvalue weighted by Crippen LogP contribution is -2.23. The Labute approximate surface area is 152 Å². The zero-order chi connectivity index (χ0) is 18.1. The molecular weight excluding hydrogens is 350 g/mol. The van der Waals surface area contributed by atoms with Gasteiger partial charge in [-0.15, -0.1) is 10.2 Å². The number of carbonyl (C=O) groups excluding carboxylic acids is 1. The number of hydrogen-bond donors (Lipinski definition) is 0. The molecule has 0 aliphatic carbocycles. The summed E-state index contributed by atoms with van der Waals surface area (Å²) in [5.74, 6) is 0.136. The average Bonchev–Trinajstić information content (AvgIpc) is 3.23. The molecular formula is C19H13N3O3S. The highest BCUT2D eigenvalue weighted by Crippen LogP contribution is 2.17. The van der Waals surface area contributed by atoms with Crippen molar-refractivity contribution in [2.24, 2.45) is 0 Å². The highest BCUT2D eigenvalue weighted by atomic mass is 32.1. The van der Waals surface area contributed by atoms with Crippen LogP contribution in [0.4, 0.5) is 0 Å². The van der Waals surface area contributed by atoms with Crippen molar-refractivity contribution >= 4 is 28.3 Å². The number of aromatic nitrogens is 3. The number of nitrogens with zero attached hydrogens (tertiary/aromatic N) is 3. The van der Waals surface area contributed by atoms with E-state index >= 15 is 0 Å². The molecule has 26 heavy (non-hydrogen) atoms. The minimum absolute atomic E-state index is 0.161. The van der Waals surface area contributed by atoms with E-state index in [1.807, 2.05) is 30.3 Å². The van der Waals surface area contributed by atoms with Crippen LogP contribution in [0.3, 0.4) is 0 Å². The van der Waals surface area contributed by atoms with E-state index in [-0.39, 0.29) is 5.56 Å². The first-order chi connectivity index (χ1) is 12.7. The largest absolute Gasteiger partial charge is 0.465 e.